The number of rotatable bonds is 10. The molecule has 14 nitrogen and oxygen atoms in total. The van der Waals surface area contributed by atoms with Crippen molar-refractivity contribution in [2.24, 2.45) is 0 Å². The van der Waals surface area contributed by atoms with Gasteiger partial charge in [-0.25, -0.2) is 19.2 Å². The Hall–Kier alpha value is -3.84. The smallest absolute Gasteiger partial charge is 0.367 e. The molecule has 2 aromatic rings. The Morgan fingerprint density at radius 1 is 0.897 bits per heavy atom. The number of methoxy groups -OCH3 is 1. The molecule has 2 rings (SSSR count). The highest BCUT2D eigenvalue weighted by molar-refractivity contribution is 5.84. The molecule has 0 saturated carbocycles. The largest absolute Gasteiger partial charge is 0.478 e. The minimum absolute atomic E-state index is 0. The van der Waals surface area contributed by atoms with Crippen LogP contribution in [0.1, 0.15) is 26.7 Å². The maximum absolute atomic E-state index is 12.0. The number of aromatic nitrogens is 8. The van der Waals surface area contributed by atoms with Crippen LogP contribution >= 0.6 is 0 Å². The Morgan fingerprint density at radius 2 is 1.38 bits per heavy atom. The zero-order valence-electron chi connectivity index (χ0n) is 14.9. The first kappa shape index (κ1) is 23.2. The molecule has 2 heterocycles. The van der Waals surface area contributed by atoms with E-state index in [0.29, 0.717) is 32.4 Å². The highest BCUT2D eigenvalue weighted by Gasteiger charge is 2.06. The van der Waals surface area contributed by atoms with Crippen molar-refractivity contribution in [3.63, 3.8) is 0 Å². The maximum Gasteiger partial charge on any atom is 0.367 e. The normalized spacial score (nSPS) is 11.1. The third-order valence-corrected chi connectivity index (χ3v) is 3.47. The van der Waals surface area contributed by atoms with Gasteiger partial charge in [0, 0.05) is 37.6 Å². The van der Waals surface area contributed by atoms with Gasteiger partial charge in [-0.1, -0.05) is 7.43 Å². The lowest BCUT2D eigenvalue weighted by atomic mass is 10.2. The summed E-state index contributed by atoms with van der Waals surface area (Å²) in [5, 5.41) is 23.1. The lowest BCUT2D eigenvalue weighted by Gasteiger charge is -2.00. The highest BCUT2D eigenvalue weighted by atomic mass is 16.5. The number of carbonyl (C=O) groups excluding carboxylic acids is 1. The van der Waals surface area contributed by atoms with Crippen molar-refractivity contribution in [3.05, 3.63) is 33.1 Å². The molecule has 0 saturated heterocycles. The summed E-state index contributed by atoms with van der Waals surface area (Å²) in [5.41, 5.74) is -1.04. The third kappa shape index (κ3) is 6.67. The van der Waals surface area contributed by atoms with Crippen LogP contribution in [0.5, 0.6) is 0 Å². The van der Waals surface area contributed by atoms with Crippen LogP contribution in [0.15, 0.2) is 21.7 Å². The molecule has 14 heteroatoms. The van der Waals surface area contributed by atoms with Crippen LogP contribution in [0.2, 0.25) is 0 Å². The van der Waals surface area contributed by atoms with Crippen molar-refractivity contribution in [2.75, 3.05) is 7.11 Å². The van der Waals surface area contributed by atoms with Crippen LogP contribution in [-0.2, 0) is 27.4 Å². The van der Waals surface area contributed by atoms with Crippen LogP contribution < -0.4 is 11.4 Å². The molecule has 29 heavy (non-hydrogen) atoms. The number of esters is 1. The first-order valence-corrected chi connectivity index (χ1v) is 8.14. The second-order valence-corrected chi connectivity index (χ2v) is 5.41. The lowest BCUT2D eigenvalue weighted by molar-refractivity contribution is -0.135. The molecule has 158 valence electrons. The average Bonchev–Trinajstić information content (AvgIpc) is 3.20. The summed E-state index contributed by atoms with van der Waals surface area (Å²) in [4.78, 5) is 45.3. The molecule has 1 N–H and O–H groups in total. The fourth-order valence-electron chi connectivity index (χ4n) is 2.07. The van der Waals surface area contributed by atoms with Gasteiger partial charge in [-0.3, -0.25) is 0 Å². The van der Waals surface area contributed by atoms with Gasteiger partial charge in [0.25, 0.3) is 0 Å². The van der Waals surface area contributed by atoms with Gasteiger partial charge in [-0.05, 0) is 40.1 Å². The number of tetrazole rings is 2. The summed E-state index contributed by atoms with van der Waals surface area (Å²) < 4.78 is 8.43. The van der Waals surface area contributed by atoms with E-state index in [4.69, 9.17) is 5.11 Å². The Morgan fingerprint density at radius 3 is 1.83 bits per heavy atom. The van der Waals surface area contributed by atoms with E-state index in [2.05, 4.69) is 25.6 Å². The van der Waals surface area contributed by atoms with Crippen molar-refractivity contribution in [1.82, 2.24) is 39.6 Å². The predicted molar refractivity (Wildman–Crippen MR) is 99.5 cm³/mol. The fourth-order valence-corrected chi connectivity index (χ4v) is 2.07. The summed E-state index contributed by atoms with van der Waals surface area (Å²) in [6, 6.07) is 0. The predicted octanol–water partition coefficient (Wildman–Crippen LogP) is -1.10. The summed E-state index contributed by atoms with van der Waals surface area (Å²) in [7, 11) is 1.22. The van der Waals surface area contributed by atoms with Gasteiger partial charge < -0.3 is 9.84 Å². The molecule has 0 radical (unpaired) electrons. The minimum Gasteiger partial charge on any atom is -0.478 e. The van der Waals surface area contributed by atoms with E-state index in [0.717, 1.165) is 43.3 Å². The molecule has 0 aliphatic rings. The number of carboxylic acid groups (broad SMARTS) is 1. The van der Waals surface area contributed by atoms with Crippen LogP contribution in [-0.4, -0.2) is 63.7 Å². The van der Waals surface area contributed by atoms with Crippen molar-refractivity contribution in [2.45, 2.75) is 39.8 Å². The van der Waals surface area contributed by atoms with E-state index in [9.17, 15) is 19.2 Å². The van der Waals surface area contributed by atoms with E-state index in [1.807, 2.05) is 0 Å². The molecule has 2 aromatic heterocycles. The van der Waals surface area contributed by atoms with Gasteiger partial charge in [-0.2, -0.15) is 18.7 Å². The van der Waals surface area contributed by atoms with Crippen LogP contribution in [0, 0.1) is 0 Å². The number of hydrogen-bond donors (Lipinski definition) is 1. The molecule has 0 fully saturated rings. The molecule has 0 atom stereocenters. The zero-order valence-corrected chi connectivity index (χ0v) is 14.9. The van der Waals surface area contributed by atoms with E-state index >= 15 is 0 Å². The summed E-state index contributed by atoms with van der Waals surface area (Å²) in [5.74, 6) is -1.82. The maximum atomic E-state index is 12.0. The molecule has 0 unspecified atom stereocenters. The Bertz CT molecular complexity index is 995. The number of aliphatic carboxylic acids is 1. The lowest BCUT2D eigenvalue weighted by Crippen LogP contribution is -2.24. The quantitative estimate of drug-likeness (QED) is 0.288. The Labute approximate surface area is 164 Å². The zero-order chi connectivity index (χ0) is 20.5. The molecule has 0 aliphatic carbocycles. The standard InChI is InChI=1S/C14H18N8O6.CH4/c1-28-12(25)6-10-22-14(27)20(16-18-22)8-4-2-3-7-19-13(26)21(17-15-19)9-5-11(23)24;/h5-6,9-10H,2-4,7-8H2,1H3,(H,23,24);1H4/b9-5+,10-6-;. The van der Waals surface area contributed by atoms with E-state index in [-0.39, 0.29) is 7.43 Å². The van der Waals surface area contributed by atoms with Crippen molar-refractivity contribution >= 4 is 24.3 Å². The number of carboxylic acids is 1. The third-order valence-electron chi connectivity index (χ3n) is 3.47. The molecule has 0 aromatic carbocycles. The number of ether oxygens (including phenoxy) is 1. The van der Waals surface area contributed by atoms with Crippen molar-refractivity contribution < 1.29 is 19.4 Å². The van der Waals surface area contributed by atoms with Crippen molar-refractivity contribution in [3.8, 4) is 0 Å². The first-order chi connectivity index (χ1) is 13.4. The van der Waals surface area contributed by atoms with Gasteiger partial charge >= 0.3 is 23.3 Å². The topological polar surface area (TPSA) is 169 Å². The first-order valence-electron chi connectivity index (χ1n) is 8.14. The number of unbranched alkanes of at least 4 members (excludes halogenated alkanes) is 2. The van der Waals surface area contributed by atoms with E-state index in [1.165, 1.54) is 7.11 Å². The summed E-state index contributed by atoms with van der Waals surface area (Å²) in [6.45, 7) is 0.608. The highest BCUT2D eigenvalue weighted by Crippen LogP contribution is 1.98. The summed E-state index contributed by atoms with van der Waals surface area (Å²) in [6.07, 6.45) is 5.86. The Balaban J connectivity index is 0.00000420. The van der Waals surface area contributed by atoms with Gasteiger partial charge in [0.15, 0.2) is 0 Å². The van der Waals surface area contributed by atoms with Crippen LogP contribution in [0.3, 0.4) is 0 Å². The minimum atomic E-state index is -1.20. The van der Waals surface area contributed by atoms with Gasteiger partial charge in [0.1, 0.15) is 0 Å². The second-order valence-electron chi connectivity index (χ2n) is 5.41. The number of hydrogen-bond acceptors (Lipinski definition) is 9. The second kappa shape index (κ2) is 11.1. The van der Waals surface area contributed by atoms with Crippen LogP contribution in [0.25, 0.3) is 12.4 Å². The number of aryl methyl sites for hydroxylation is 2. The molecular weight excluding hydrogens is 388 g/mol. The van der Waals surface area contributed by atoms with Crippen LogP contribution in [0.4, 0.5) is 0 Å². The molecule has 0 bridgehead atoms. The molecule has 0 aliphatic heterocycles. The average molecular weight is 410 g/mol. The van der Waals surface area contributed by atoms with Gasteiger partial charge in [0.05, 0.1) is 7.11 Å². The fraction of sp³-hybridized carbons (Fsp3) is 0.467. The summed E-state index contributed by atoms with van der Waals surface area (Å²) >= 11 is 0. The van der Waals surface area contributed by atoms with Crippen molar-refractivity contribution in [1.29, 1.82) is 0 Å². The van der Waals surface area contributed by atoms with Gasteiger partial charge in [-0.15, -0.1) is 0 Å². The molecule has 0 amide bonds. The number of carbonyl (C=O) groups is 2. The van der Waals surface area contributed by atoms with Gasteiger partial charge in [0.2, 0.25) is 0 Å². The molecule has 0 spiro atoms. The molecular formula is C15H22N8O6. The van der Waals surface area contributed by atoms with E-state index in [1.54, 1.807) is 0 Å². The van der Waals surface area contributed by atoms with E-state index < -0.39 is 23.3 Å². The monoisotopic (exact) mass is 410 g/mol. The number of nitrogens with zero attached hydrogens (tertiary/aromatic N) is 8. The SMILES string of the molecule is C.COC(=O)/C=C\n1nnn(CCCCCn2nnn(/C=C/C(=O)O)c2=O)c1=O. The Kier molecular flexibility index (Phi) is 8.88.